The predicted molar refractivity (Wildman–Crippen MR) is 142 cm³/mol. The SMILES string of the molecule is CSC[Si](C)(C)[Si](C)(C)[Si](C)(C)[Si](C)(C)[Si](C)(C)[Si](C)(C)CSC. The second-order valence-corrected chi connectivity index (χ2v) is 79.3. The number of hydrogen-bond acceptors (Lipinski definition) is 2. The van der Waals surface area contributed by atoms with Crippen molar-refractivity contribution in [3.8, 4) is 0 Å². The summed E-state index contributed by atoms with van der Waals surface area (Å²) < 4.78 is 0. The Morgan fingerprint density at radius 1 is 0.417 bits per heavy atom. The van der Waals surface area contributed by atoms with Crippen molar-refractivity contribution in [1.82, 2.24) is 0 Å². The Balaban J connectivity index is 6.16. The molecule has 0 saturated carbocycles. The van der Waals surface area contributed by atoms with E-state index in [0.717, 1.165) is 0 Å². The summed E-state index contributed by atoms with van der Waals surface area (Å²) in [5, 5.41) is 2.97. The average molecular weight is 471 g/mol. The van der Waals surface area contributed by atoms with Crippen molar-refractivity contribution in [3.63, 3.8) is 0 Å². The second-order valence-electron chi connectivity index (χ2n) is 11.1. The van der Waals surface area contributed by atoms with Gasteiger partial charge in [0.15, 0.2) is 0 Å². The molecule has 0 radical (unpaired) electrons. The molecular weight excluding hydrogens is 425 g/mol. The van der Waals surface area contributed by atoms with Crippen LogP contribution >= 0.6 is 23.5 Å². The van der Waals surface area contributed by atoms with Crippen molar-refractivity contribution in [2.24, 2.45) is 0 Å². The van der Waals surface area contributed by atoms with Gasteiger partial charge in [-0.3, -0.25) is 0 Å². The number of rotatable bonds is 9. The molecule has 0 heterocycles. The van der Waals surface area contributed by atoms with Crippen molar-refractivity contribution in [1.29, 1.82) is 0 Å². The lowest BCUT2D eigenvalue weighted by molar-refractivity contribution is 1.69. The largest absolute Gasteiger partial charge is 0.169 e. The molecule has 0 rings (SSSR count). The Hall–Kier alpha value is 2.00. The van der Waals surface area contributed by atoms with E-state index < -0.39 is 43.6 Å². The Morgan fingerprint density at radius 3 is 0.792 bits per heavy atom. The van der Waals surface area contributed by atoms with Crippen molar-refractivity contribution in [2.75, 3.05) is 23.3 Å². The highest BCUT2D eigenvalue weighted by Gasteiger charge is 2.65. The topological polar surface area (TPSA) is 0 Å². The summed E-state index contributed by atoms with van der Waals surface area (Å²) >= 11 is 4.27. The summed E-state index contributed by atoms with van der Waals surface area (Å²) in [6.45, 7) is 33.8. The lowest BCUT2D eigenvalue weighted by Gasteiger charge is -2.62. The van der Waals surface area contributed by atoms with Crippen LogP contribution in [0.1, 0.15) is 0 Å². The highest BCUT2D eigenvalue weighted by molar-refractivity contribution is 8.05. The van der Waals surface area contributed by atoms with Gasteiger partial charge in [-0.05, 0) is 23.3 Å². The Labute approximate surface area is 168 Å². The molecule has 24 heavy (non-hydrogen) atoms. The third-order valence-corrected chi connectivity index (χ3v) is 137. The third kappa shape index (κ3) is 4.20. The van der Waals surface area contributed by atoms with E-state index >= 15 is 0 Å². The smallest absolute Gasteiger partial charge is 0.0492 e. The minimum Gasteiger partial charge on any atom is -0.169 e. The van der Waals surface area contributed by atoms with E-state index in [1.54, 1.807) is 0 Å². The molecule has 0 bridgehead atoms. The monoisotopic (exact) mass is 470 g/mol. The van der Waals surface area contributed by atoms with Crippen molar-refractivity contribution in [3.05, 3.63) is 0 Å². The van der Waals surface area contributed by atoms with Crippen LogP contribution in [0.3, 0.4) is 0 Å². The van der Waals surface area contributed by atoms with Gasteiger partial charge in [-0.2, -0.15) is 23.5 Å². The van der Waals surface area contributed by atoms with Gasteiger partial charge in [-0.25, -0.2) is 0 Å². The van der Waals surface area contributed by atoms with E-state index in [-0.39, 0.29) is 0 Å². The fourth-order valence-electron chi connectivity index (χ4n) is 4.34. The fraction of sp³-hybridized carbons (Fsp3) is 1.00. The molecule has 0 spiro atoms. The standard InChI is InChI=1S/C16H46S2Si6/c1-17-15-19(3,4)21(7,8)23(11,12)24(13,14)22(9,10)20(5,6)16-18-2/h15-16H2,1-14H3. The van der Waals surface area contributed by atoms with Gasteiger partial charge in [0.05, 0.1) is 0 Å². The number of hydrogen-bond donors (Lipinski definition) is 0. The first-order valence-electron chi connectivity index (χ1n) is 9.35. The van der Waals surface area contributed by atoms with Gasteiger partial charge in [0.2, 0.25) is 0 Å². The summed E-state index contributed by atoms with van der Waals surface area (Å²) in [5.74, 6) is 0. The zero-order valence-electron chi connectivity index (χ0n) is 19.2. The van der Waals surface area contributed by atoms with Gasteiger partial charge < -0.3 is 0 Å². The van der Waals surface area contributed by atoms with Gasteiger partial charge in [0, 0.05) is 43.6 Å². The second kappa shape index (κ2) is 8.16. The summed E-state index contributed by atoms with van der Waals surface area (Å²) in [7, 11) is -6.90. The maximum Gasteiger partial charge on any atom is 0.0492 e. The van der Waals surface area contributed by atoms with Crippen molar-refractivity contribution >= 4 is 67.1 Å². The maximum atomic E-state index is 2.87. The van der Waals surface area contributed by atoms with E-state index in [2.05, 4.69) is 115 Å². The van der Waals surface area contributed by atoms with Crippen LogP contribution in [-0.4, -0.2) is 66.9 Å². The maximum absolute atomic E-state index is 2.87. The first-order valence-corrected chi connectivity index (χ1v) is 35.6. The van der Waals surface area contributed by atoms with Crippen molar-refractivity contribution < 1.29 is 0 Å². The molecule has 0 fully saturated rings. The van der Waals surface area contributed by atoms with Crippen LogP contribution < -0.4 is 0 Å². The van der Waals surface area contributed by atoms with Crippen LogP contribution in [0.5, 0.6) is 0 Å². The van der Waals surface area contributed by atoms with Gasteiger partial charge in [0.25, 0.3) is 0 Å². The van der Waals surface area contributed by atoms with E-state index in [4.69, 9.17) is 0 Å². The lowest BCUT2D eigenvalue weighted by atomic mass is 11.8. The molecule has 0 nitrogen and oxygen atoms in total. The average Bonchev–Trinajstić information content (AvgIpc) is 2.37. The lowest BCUT2D eigenvalue weighted by Crippen LogP contribution is -2.88. The molecule has 0 aromatic carbocycles. The van der Waals surface area contributed by atoms with Crippen LogP contribution in [0.25, 0.3) is 0 Å². The summed E-state index contributed by atoms with van der Waals surface area (Å²) in [4.78, 5) is 0. The molecule has 0 amide bonds. The van der Waals surface area contributed by atoms with Gasteiger partial charge in [-0.15, -0.1) is 0 Å². The van der Waals surface area contributed by atoms with Gasteiger partial charge in [0.1, 0.15) is 0 Å². The highest BCUT2D eigenvalue weighted by atomic mass is 32.2. The minimum absolute atomic E-state index is 1.10. The molecular formula is C16H46S2Si6. The van der Waals surface area contributed by atoms with Gasteiger partial charge in [-0.1, -0.05) is 78.6 Å². The normalized spacial score (nSPS) is 15.8. The van der Waals surface area contributed by atoms with E-state index in [0.29, 0.717) is 0 Å². The molecule has 0 aromatic heterocycles. The quantitative estimate of drug-likeness (QED) is 0.356. The van der Waals surface area contributed by atoms with Crippen LogP contribution in [0.15, 0.2) is 0 Å². The zero-order valence-corrected chi connectivity index (χ0v) is 26.9. The molecule has 0 N–H and O–H groups in total. The van der Waals surface area contributed by atoms with Crippen LogP contribution in [0.2, 0.25) is 78.6 Å². The van der Waals surface area contributed by atoms with Crippen LogP contribution in [0, 0.1) is 0 Å². The Kier molecular flexibility index (Phi) is 8.84. The molecule has 0 atom stereocenters. The van der Waals surface area contributed by atoms with Crippen molar-refractivity contribution in [2.45, 2.75) is 78.6 Å². The molecule has 0 saturated heterocycles. The Bertz CT molecular complexity index is 390. The minimum atomic E-state index is -1.19. The molecule has 0 aliphatic carbocycles. The van der Waals surface area contributed by atoms with Gasteiger partial charge >= 0.3 is 0 Å². The first kappa shape index (κ1) is 26.0. The molecule has 0 aliphatic heterocycles. The Morgan fingerprint density at radius 2 is 0.625 bits per heavy atom. The predicted octanol–water partition coefficient (Wildman–Crippen LogP) is 6.43. The molecule has 0 aromatic rings. The summed E-state index contributed by atoms with van der Waals surface area (Å²) in [6.07, 6.45) is 4.67. The van der Waals surface area contributed by atoms with E-state index in [1.165, 1.54) is 10.8 Å². The van der Waals surface area contributed by atoms with E-state index in [1.807, 2.05) is 0 Å². The third-order valence-electron chi connectivity index (χ3n) is 9.08. The zero-order chi connectivity index (χ0) is 19.8. The molecule has 146 valence electrons. The summed E-state index contributed by atoms with van der Waals surface area (Å²) in [6, 6.07) is 0. The summed E-state index contributed by atoms with van der Waals surface area (Å²) in [5.41, 5.74) is 0. The highest BCUT2D eigenvalue weighted by Crippen LogP contribution is 2.42. The fourth-order valence-corrected chi connectivity index (χ4v) is 169. The van der Waals surface area contributed by atoms with E-state index in [9.17, 15) is 0 Å². The molecule has 0 unspecified atom stereocenters. The number of thioether (sulfide) groups is 2. The van der Waals surface area contributed by atoms with Crippen LogP contribution in [-0.2, 0) is 0 Å². The first-order chi connectivity index (χ1) is 10.4. The molecule has 8 heteroatoms. The van der Waals surface area contributed by atoms with Crippen LogP contribution in [0.4, 0.5) is 0 Å². The molecule has 0 aliphatic rings.